The van der Waals surface area contributed by atoms with Gasteiger partial charge < -0.3 is 4.74 Å². The third kappa shape index (κ3) is 3.65. The molecule has 5 heteroatoms. The zero-order valence-corrected chi connectivity index (χ0v) is 14.8. The number of nitriles is 1. The minimum absolute atomic E-state index is 0.0109. The average Bonchev–Trinajstić information content (AvgIpc) is 2.66. The maximum Gasteiger partial charge on any atom is 0.173 e. The Morgan fingerprint density at radius 2 is 2.00 bits per heavy atom. The van der Waals surface area contributed by atoms with E-state index in [1.165, 1.54) is 11.8 Å². The molecule has 124 valence electrons. The van der Waals surface area contributed by atoms with E-state index in [2.05, 4.69) is 11.1 Å². The van der Waals surface area contributed by atoms with Crippen molar-refractivity contribution in [3.63, 3.8) is 0 Å². The van der Waals surface area contributed by atoms with Gasteiger partial charge in [-0.3, -0.25) is 4.79 Å². The largest absolute Gasteiger partial charge is 0.497 e. The number of carbonyl (C=O) groups is 1. The summed E-state index contributed by atoms with van der Waals surface area (Å²) < 4.78 is 5.10. The molecular weight excluding hydrogens is 332 g/mol. The third-order valence-electron chi connectivity index (χ3n) is 3.88. The normalized spacial score (nSPS) is 10.4. The Balaban J connectivity index is 1.83. The van der Waals surface area contributed by atoms with Crippen LogP contribution in [0.25, 0.3) is 10.9 Å². The highest BCUT2D eigenvalue weighted by Crippen LogP contribution is 2.27. The molecule has 0 saturated heterocycles. The maximum atomic E-state index is 12.4. The maximum absolute atomic E-state index is 12.4. The first kappa shape index (κ1) is 17.0. The molecule has 0 bridgehead atoms. The Labute approximate surface area is 150 Å². The van der Waals surface area contributed by atoms with Crippen LogP contribution in [0, 0.1) is 18.3 Å². The molecule has 3 rings (SSSR count). The van der Waals surface area contributed by atoms with Crippen molar-refractivity contribution in [1.82, 2.24) is 4.98 Å². The molecule has 0 aliphatic rings. The number of aromatic nitrogens is 1. The monoisotopic (exact) mass is 348 g/mol. The second-order valence-electron chi connectivity index (χ2n) is 5.54. The lowest BCUT2D eigenvalue weighted by molar-refractivity contribution is 0.102. The van der Waals surface area contributed by atoms with Crippen molar-refractivity contribution in [2.75, 3.05) is 12.9 Å². The summed E-state index contributed by atoms with van der Waals surface area (Å²) in [5.41, 5.74) is 3.01. The summed E-state index contributed by atoms with van der Waals surface area (Å²) in [6.07, 6.45) is 0. The molecule has 0 N–H and O–H groups in total. The number of rotatable bonds is 5. The highest BCUT2D eigenvalue weighted by atomic mass is 32.2. The summed E-state index contributed by atoms with van der Waals surface area (Å²) >= 11 is 1.29. The minimum atomic E-state index is -0.0109. The van der Waals surface area contributed by atoms with Crippen LogP contribution in [-0.2, 0) is 0 Å². The summed E-state index contributed by atoms with van der Waals surface area (Å²) in [6.45, 7) is 1.98. The molecule has 25 heavy (non-hydrogen) atoms. The van der Waals surface area contributed by atoms with Crippen LogP contribution >= 0.6 is 11.8 Å². The van der Waals surface area contributed by atoms with E-state index in [9.17, 15) is 10.1 Å². The predicted molar refractivity (Wildman–Crippen MR) is 99.2 cm³/mol. The second kappa shape index (κ2) is 7.37. The number of ether oxygens (including phenoxy) is 1. The molecule has 1 aromatic heterocycles. The van der Waals surface area contributed by atoms with Crippen molar-refractivity contribution in [2.45, 2.75) is 11.9 Å². The van der Waals surface area contributed by atoms with E-state index in [1.54, 1.807) is 31.4 Å². The average molecular weight is 348 g/mol. The first-order chi connectivity index (χ1) is 12.1. The first-order valence-electron chi connectivity index (χ1n) is 7.73. The van der Waals surface area contributed by atoms with Crippen LogP contribution in [0.3, 0.4) is 0 Å². The fourth-order valence-corrected chi connectivity index (χ4v) is 3.36. The highest BCUT2D eigenvalue weighted by Gasteiger charge is 2.12. The Kier molecular flexibility index (Phi) is 5.01. The summed E-state index contributed by atoms with van der Waals surface area (Å²) in [7, 11) is 1.59. The molecule has 0 unspecified atom stereocenters. The SMILES string of the molecule is COc1ccc(C(=O)CSc2nc3c(C)cccc3cc2C#N)cc1. The number of nitrogens with zero attached hydrogens (tertiary/aromatic N) is 2. The Bertz CT molecular complexity index is 975. The van der Waals surface area contributed by atoms with Gasteiger partial charge in [0.15, 0.2) is 5.78 Å². The molecule has 4 nitrogen and oxygen atoms in total. The van der Waals surface area contributed by atoms with Gasteiger partial charge in [0, 0.05) is 10.9 Å². The van der Waals surface area contributed by atoms with Gasteiger partial charge in [-0.1, -0.05) is 30.0 Å². The number of ketones is 1. The number of methoxy groups -OCH3 is 1. The van der Waals surface area contributed by atoms with Gasteiger partial charge in [-0.15, -0.1) is 0 Å². The van der Waals surface area contributed by atoms with Gasteiger partial charge in [-0.2, -0.15) is 5.26 Å². The summed E-state index contributed by atoms with van der Waals surface area (Å²) in [4.78, 5) is 17.0. The number of hydrogen-bond donors (Lipinski definition) is 0. The fraction of sp³-hybridized carbons (Fsp3) is 0.150. The van der Waals surface area contributed by atoms with Crippen LogP contribution in [0.2, 0.25) is 0 Å². The number of pyridine rings is 1. The lowest BCUT2D eigenvalue weighted by Crippen LogP contribution is -2.03. The Hall–Kier alpha value is -2.84. The number of hydrogen-bond acceptors (Lipinski definition) is 5. The quantitative estimate of drug-likeness (QED) is 0.505. The van der Waals surface area contributed by atoms with Crippen LogP contribution < -0.4 is 4.74 Å². The summed E-state index contributed by atoms with van der Waals surface area (Å²) in [5, 5.41) is 10.9. The lowest BCUT2D eigenvalue weighted by Gasteiger charge is -2.07. The molecular formula is C20H16N2O2S. The number of thioether (sulfide) groups is 1. The fourth-order valence-electron chi connectivity index (χ4n) is 2.51. The molecule has 0 saturated carbocycles. The van der Waals surface area contributed by atoms with Gasteiger partial charge in [0.25, 0.3) is 0 Å². The van der Waals surface area contributed by atoms with Crippen LogP contribution in [0.4, 0.5) is 0 Å². The summed E-state index contributed by atoms with van der Waals surface area (Å²) in [5.74, 6) is 0.927. The van der Waals surface area contributed by atoms with Crippen molar-refractivity contribution >= 4 is 28.4 Å². The van der Waals surface area contributed by atoms with E-state index in [4.69, 9.17) is 4.74 Å². The second-order valence-corrected chi connectivity index (χ2v) is 6.50. The van der Waals surface area contributed by atoms with Crippen molar-refractivity contribution in [2.24, 2.45) is 0 Å². The first-order valence-corrected chi connectivity index (χ1v) is 8.71. The topological polar surface area (TPSA) is 63.0 Å². The van der Waals surface area contributed by atoms with Crippen molar-refractivity contribution in [3.8, 4) is 11.8 Å². The van der Waals surface area contributed by atoms with E-state index >= 15 is 0 Å². The van der Waals surface area contributed by atoms with Crippen LogP contribution in [0.15, 0.2) is 53.6 Å². The van der Waals surface area contributed by atoms with Crippen molar-refractivity contribution < 1.29 is 9.53 Å². The number of benzene rings is 2. The molecule has 2 aromatic carbocycles. The molecule has 1 heterocycles. The van der Waals surface area contributed by atoms with Gasteiger partial charge in [0.1, 0.15) is 16.8 Å². The molecule has 0 fully saturated rings. The lowest BCUT2D eigenvalue weighted by atomic mass is 10.1. The number of aryl methyl sites for hydroxylation is 1. The molecule has 0 amide bonds. The number of carbonyl (C=O) groups excluding carboxylic acids is 1. The van der Waals surface area contributed by atoms with Gasteiger partial charge in [0.2, 0.25) is 0 Å². The van der Waals surface area contributed by atoms with Gasteiger partial charge in [0.05, 0.1) is 23.9 Å². The third-order valence-corrected chi connectivity index (χ3v) is 4.88. The van der Waals surface area contributed by atoms with Crippen LogP contribution in [-0.4, -0.2) is 23.6 Å². The van der Waals surface area contributed by atoms with Crippen LogP contribution in [0.5, 0.6) is 5.75 Å². The number of fused-ring (bicyclic) bond motifs is 1. The molecule has 0 atom stereocenters. The zero-order chi connectivity index (χ0) is 17.8. The molecule has 0 aliphatic heterocycles. The van der Waals surface area contributed by atoms with Crippen molar-refractivity contribution in [3.05, 3.63) is 65.2 Å². The van der Waals surface area contributed by atoms with E-state index in [-0.39, 0.29) is 11.5 Å². The molecule has 3 aromatic rings. The van der Waals surface area contributed by atoms with Gasteiger partial charge >= 0.3 is 0 Å². The van der Waals surface area contributed by atoms with Gasteiger partial charge in [-0.25, -0.2) is 4.98 Å². The van der Waals surface area contributed by atoms with Crippen LogP contribution in [0.1, 0.15) is 21.5 Å². The number of Topliss-reactive ketones (excluding diaryl/α,β-unsaturated/α-hetero) is 1. The standard InChI is InChI=1S/C20H16N2O2S/c1-13-4-3-5-15-10-16(11-21)20(22-19(13)15)25-12-18(23)14-6-8-17(24-2)9-7-14/h3-10H,12H2,1-2H3. The molecule has 0 aliphatic carbocycles. The van der Waals surface area contributed by atoms with E-state index in [1.807, 2.05) is 31.2 Å². The van der Waals surface area contributed by atoms with E-state index < -0.39 is 0 Å². The smallest absolute Gasteiger partial charge is 0.173 e. The summed E-state index contributed by atoms with van der Waals surface area (Å²) in [6, 6.07) is 16.9. The predicted octanol–water partition coefficient (Wildman–Crippen LogP) is 4.40. The van der Waals surface area contributed by atoms with Gasteiger partial charge in [-0.05, 0) is 42.8 Å². The molecule has 0 spiro atoms. The van der Waals surface area contributed by atoms with E-state index in [0.29, 0.717) is 21.9 Å². The van der Waals surface area contributed by atoms with E-state index in [0.717, 1.165) is 16.5 Å². The molecule has 0 radical (unpaired) electrons. The zero-order valence-electron chi connectivity index (χ0n) is 13.9. The Morgan fingerprint density at radius 1 is 1.24 bits per heavy atom. The van der Waals surface area contributed by atoms with Crippen molar-refractivity contribution in [1.29, 1.82) is 5.26 Å². The number of para-hydroxylation sites is 1. The Morgan fingerprint density at radius 3 is 2.68 bits per heavy atom. The minimum Gasteiger partial charge on any atom is -0.497 e. The highest BCUT2D eigenvalue weighted by molar-refractivity contribution is 8.00.